The summed E-state index contributed by atoms with van der Waals surface area (Å²) in [5.41, 5.74) is 8.41. The molecule has 122 valence electrons. The molecule has 0 unspecified atom stereocenters. The van der Waals surface area contributed by atoms with Crippen LogP contribution < -0.4 is 11.1 Å². The van der Waals surface area contributed by atoms with Crippen molar-refractivity contribution in [2.75, 3.05) is 5.73 Å². The first-order valence-corrected chi connectivity index (χ1v) is 8.06. The van der Waals surface area contributed by atoms with Gasteiger partial charge in [-0.3, -0.25) is 0 Å². The van der Waals surface area contributed by atoms with E-state index >= 15 is 0 Å². The number of nitrogens with zero attached hydrogens (tertiary/aromatic N) is 1. The topological polar surface area (TPSA) is 50.9 Å². The molecular formula is C17H26ClN3S. The zero-order valence-corrected chi connectivity index (χ0v) is 15.6. The first-order valence-electron chi connectivity index (χ1n) is 7.25. The van der Waals surface area contributed by atoms with Crippen molar-refractivity contribution in [2.24, 2.45) is 0 Å². The molecule has 3 nitrogen and oxygen atoms in total. The molecule has 0 radical (unpaired) electrons. The largest absolute Gasteiger partial charge is 0.375 e. The Balaban J connectivity index is 0.00000242. The zero-order valence-electron chi connectivity index (χ0n) is 13.9. The highest BCUT2D eigenvalue weighted by Crippen LogP contribution is 2.27. The lowest BCUT2D eigenvalue weighted by Crippen LogP contribution is -2.35. The summed E-state index contributed by atoms with van der Waals surface area (Å²) in [5, 5.41) is 4.20. The van der Waals surface area contributed by atoms with E-state index in [1.807, 2.05) is 6.20 Å². The van der Waals surface area contributed by atoms with Crippen LogP contribution in [-0.4, -0.2) is 4.98 Å². The Morgan fingerprint density at radius 3 is 2.05 bits per heavy atom. The fourth-order valence-electron chi connectivity index (χ4n) is 2.20. The second kappa shape index (κ2) is 6.99. The Labute approximate surface area is 143 Å². The van der Waals surface area contributed by atoms with Gasteiger partial charge in [0.25, 0.3) is 0 Å². The van der Waals surface area contributed by atoms with Gasteiger partial charge in [0, 0.05) is 23.2 Å². The molecule has 1 heterocycles. The summed E-state index contributed by atoms with van der Waals surface area (Å²) in [4.78, 5) is 5.24. The van der Waals surface area contributed by atoms with Crippen LogP contribution in [0.4, 0.5) is 5.13 Å². The summed E-state index contributed by atoms with van der Waals surface area (Å²) in [6, 6.07) is 8.89. The first-order chi connectivity index (χ1) is 9.68. The third kappa shape index (κ3) is 4.70. The number of benzene rings is 1. The molecule has 0 bridgehead atoms. The second-order valence-electron chi connectivity index (χ2n) is 6.97. The molecule has 0 spiro atoms. The molecule has 0 aliphatic heterocycles. The Morgan fingerprint density at radius 1 is 1.05 bits per heavy atom. The molecule has 0 saturated carbocycles. The van der Waals surface area contributed by atoms with Crippen molar-refractivity contribution in [3.63, 3.8) is 0 Å². The van der Waals surface area contributed by atoms with E-state index in [2.05, 4.69) is 69.2 Å². The minimum atomic E-state index is -0.0881. The number of aromatic nitrogens is 1. The first kappa shape index (κ1) is 18.9. The van der Waals surface area contributed by atoms with Crippen LogP contribution in [0.1, 0.15) is 50.6 Å². The summed E-state index contributed by atoms with van der Waals surface area (Å²) in [7, 11) is 0. The predicted octanol–water partition coefficient (Wildman–Crippen LogP) is 4.47. The highest BCUT2D eigenvalue weighted by atomic mass is 35.5. The van der Waals surface area contributed by atoms with Crippen LogP contribution in [0.25, 0.3) is 0 Å². The Kier molecular flexibility index (Phi) is 6.02. The monoisotopic (exact) mass is 339 g/mol. The quantitative estimate of drug-likeness (QED) is 0.864. The third-order valence-corrected chi connectivity index (χ3v) is 4.58. The van der Waals surface area contributed by atoms with E-state index in [0.29, 0.717) is 5.13 Å². The molecule has 22 heavy (non-hydrogen) atoms. The van der Waals surface area contributed by atoms with Gasteiger partial charge >= 0.3 is 0 Å². The summed E-state index contributed by atoms with van der Waals surface area (Å²) in [6.45, 7) is 11.9. The highest BCUT2D eigenvalue weighted by molar-refractivity contribution is 7.15. The maximum absolute atomic E-state index is 5.67. The second-order valence-corrected chi connectivity index (χ2v) is 8.12. The third-order valence-electron chi connectivity index (χ3n) is 3.75. The average molecular weight is 340 g/mol. The van der Waals surface area contributed by atoms with Gasteiger partial charge in [-0.25, -0.2) is 4.98 Å². The van der Waals surface area contributed by atoms with Crippen molar-refractivity contribution in [3.8, 4) is 0 Å². The predicted molar refractivity (Wildman–Crippen MR) is 98.8 cm³/mol. The van der Waals surface area contributed by atoms with Crippen LogP contribution in [0, 0.1) is 0 Å². The number of nitrogens with two attached hydrogens (primary N) is 1. The number of hydrogen-bond acceptors (Lipinski definition) is 4. The molecule has 0 fully saturated rings. The lowest BCUT2D eigenvalue weighted by molar-refractivity contribution is 0.402. The molecule has 0 atom stereocenters. The summed E-state index contributed by atoms with van der Waals surface area (Å²) >= 11 is 1.53. The lowest BCUT2D eigenvalue weighted by Gasteiger charge is -2.28. The van der Waals surface area contributed by atoms with Gasteiger partial charge in [-0.2, -0.15) is 0 Å². The van der Waals surface area contributed by atoms with Crippen LogP contribution in [-0.2, 0) is 17.5 Å². The molecule has 0 aliphatic carbocycles. The van der Waals surface area contributed by atoms with Crippen molar-refractivity contribution in [1.29, 1.82) is 0 Å². The summed E-state index contributed by atoms with van der Waals surface area (Å²) in [6.07, 6.45) is 1.84. The van der Waals surface area contributed by atoms with E-state index in [1.54, 1.807) is 0 Å². The van der Waals surface area contributed by atoms with E-state index in [9.17, 15) is 0 Å². The molecular weight excluding hydrogens is 314 g/mol. The van der Waals surface area contributed by atoms with Gasteiger partial charge in [0.2, 0.25) is 0 Å². The number of anilines is 1. The Hall–Kier alpha value is -1.10. The SMILES string of the molecule is CC(C)(C)c1ccc(C(C)(C)NCc2cnc(N)s2)cc1.Cl. The lowest BCUT2D eigenvalue weighted by atomic mass is 9.84. The van der Waals surface area contributed by atoms with Crippen LogP contribution >= 0.6 is 23.7 Å². The molecule has 2 aromatic rings. The number of rotatable bonds is 4. The highest BCUT2D eigenvalue weighted by Gasteiger charge is 2.21. The van der Waals surface area contributed by atoms with Crippen molar-refractivity contribution in [1.82, 2.24) is 10.3 Å². The standard InChI is InChI=1S/C17H25N3S.ClH/c1-16(2,3)12-6-8-13(9-7-12)17(4,5)20-11-14-10-19-15(18)21-14;/h6-10,20H,11H2,1-5H3,(H2,18,19);1H. The van der Waals surface area contributed by atoms with Gasteiger partial charge in [-0.1, -0.05) is 45.0 Å². The van der Waals surface area contributed by atoms with Gasteiger partial charge in [-0.05, 0) is 30.4 Å². The number of hydrogen-bond donors (Lipinski definition) is 2. The van der Waals surface area contributed by atoms with E-state index in [1.165, 1.54) is 22.5 Å². The Morgan fingerprint density at radius 2 is 1.59 bits per heavy atom. The Bertz CT molecular complexity index is 597. The van der Waals surface area contributed by atoms with Crippen molar-refractivity contribution >= 4 is 28.9 Å². The van der Waals surface area contributed by atoms with E-state index in [0.717, 1.165) is 11.4 Å². The molecule has 0 saturated heterocycles. The number of halogens is 1. The smallest absolute Gasteiger partial charge is 0.180 e. The molecule has 1 aromatic carbocycles. The number of nitrogens with one attached hydrogen (secondary N) is 1. The van der Waals surface area contributed by atoms with Gasteiger partial charge < -0.3 is 11.1 Å². The van der Waals surface area contributed by atoms with E-state index in [-0.39, 0.29) is 23.4 Å². The van der Waals surface area contributed by atoms with E-state index < -0.39 is 0 Å². The summed E-state index contributed by atoms with van der Waals surface area (Å²) < 4.78 is 0. The molecule has 2 rings (SSSR count). The average Bonchev–Trinajstić information content (AvgIpc) is 2.82. The van der Waals surface area contributed by atoms with E-state index in [4.69, 9.17) is 5.73 Å². The molecule has 0 aliphatic rings. The van der Waals surface area contributed by atoms with Crippen LogP contribution in [0.2, 0.25) is 0 Å². The fourth-order valence-corrected chi connectivity index (χ4v) is 2.83. The van der Waals surface area contributed by atoms with Crippen molar-refractivity contribution in [2.45, 2.75) is 52.1 Å². The van der Waals surface area contributed by atoms with Crippen LogP contribution in [0.15, 0.2) is 30.5 Å². The molecule has 5 heteroatoms. The maximum Gasteiger partial charge on any atom is 0.180 e. The molecule has 1 aromatic heterocycles. The zero-order chi connectivity index (χ0) is 15.7. The van der Waals surface area contributed by atoms with Crippen molar-refractivity contribution < 1.29 is 0 Å². The van der Waals surface area contributed by atoms with Gasteiger partial charge in [0.1, 0.15) is 0 Å². The van der Waals surface area contributed by atoms with Crippen LogP contribution in [0.3, 0.4) is 0 Å². The van der Waals surface area contributed by atoms with Gasteiger partial charge in [0.15, 0.2) is 5.13 Å². The number of thiazole rings is 1. The van der Waals surface area contributed by atoms with Crippen molar-refractivity contribution in [3.05, 3.63) is 46.5 Å². The molecule has 0 amide bonds. The molecule has 3 N–H and O–H groups in total. The normalized spacial score (nSPS) is 12.0. The number of nitrogen functional groups attached to an aromatic ring is 1. The van der Waals surface area contributed by atoms with Gasteiger partial charge in [0.05, 0.1) is 0 Å². The minimum Gasteiger partial charge on any atom is -0.375 e. The minimum absolute atomic E-state index is 0. The van der Waals surface area contributed by atoms with Gasteiger partial charge in [-0.15, -0.1) is 23.7 Å². The summed E-state index contributed by atoms with van der Waals surface area (Å²) in [5.74, 6) is 0. The maximum atomic E-state index is 5.67. The van der Waals surface area contributed by atoms with Crippen LogP contribution in [0.5, 0.6) is 0 Å². The fraction of sp³-hybridized carbons (Fsp3) is 0.471.